The molecule has 3 aromatic rings. The van der Waals surface area contributed by atoms with Gasteiger partial charge in [-0.3, -0.25) is 9.78 Å². The number of morpholine rings is 1. The molecular weight excluding hydrogens is 407 g/mol. The molecule has 0 aliphatic carbocycles. The van der Waals surface area contributed by atoms with E-state index in [2.05, 4.69) is 15.2 Å². The van der Waals surface area contributed by atoms with Crippen LogP contribution in [0.2, 0.25) is 0 Å². The number of nitrogens with zero attached hydrogens (tertiary/aromatic N) is 3. The zero-order chi connectivity index (χ0) is 22.5. The summed E-state index contributed by atoms with van der Waals surface area (Å²) in [7, 11) is 0. The molecule has 32 heavy (non-hydrogen) atoms. The fourth-order valence-corrected chi connectivity index (χ4v) is 4.36. The first-order valence-electron chi connectivity index (χ1n) is 11.0. The summed E-state index contributed by atoms with van der Waals surface area (Å²) < 4.78 is 21.9. The highest BCUT2D eigenvalue weighted by atomic mass is 19.1. The second-order valence-corrected chi connectivity index (χ2v) is 8.01. The Bertz CT molecular complexity index is 1080. The SMILES string of the molecule is Cc1c(N2CCOCC2)c(C)n(Cc2ccccc2F)c1C(=O)NCCc1ccccn1. The quantitative estimate of drug-likeness (QED) is 0.616. The van der Waals surface area contributed by atoms with Gasteiger partial charge >= 0.3 is 0 Å². The maximum atomic E-state index is 14.4. The molecule has 0 atom stereocenters. The Morgan fingerprint density at radius 2 is 1.88 bits per heavy atom. The predicted molar refractivity (Wildman–Crippen MR) is 123 cm³/mol. The van der Waals surface area contributed by atoms with Gasteiger partial charge in [-0.05, 0) is 32.0 Å². The van der Waals surface area contributed by atoms with Crippen LogP contribution in [0.4, 0.5) is 10.1 Å². The molecule has 0 radical (unpaired) electrons. The van der Waals surface area contributed by atoms with Crippen molar-refractivity contribution in [1.82, 2.24) is 14.9 Å². The molecule has 1 aliphatic heterocycles. The number of rotatable bonds is 7. The van der Waals surface area contributed by atoms with Crippen LogP contribution in [0.3, 0.4) is 0 Å². The topological polar surface area (TPSA) is 59.4 Å². The number of halogens is 1. The zero-order valence-electron chi connectivity index (χ0n) is 18.6. The van der Waals surface area contributed by atoms with Gasteiger partial charge in [0, 0.05) is 54.8 Å². The minimum atomic E-state index is -0.271. The van der Waals surface area contributed by atoms with E-state index in [-0.39, 0.29) is 11.7 Å². The number of benzene rings is 1. The Balaban J connectivity index is 1.63. The summed E-state index contributed by atoms with van der Waals surface area (Å²) in [4.78, 5) is 19.9. The summed E-state index contributed by atoms with van der Waals surface area (Å²) in [5, 5.41) is 3.04. The van der Waals surface area contributed by atoms with Crippen LogP contribution in [0, 0.1) is 19.7 Å². The van der Waals surface area contributed by atoms with Crippen molar-refractivity contribution in [3.8, 4) is 0 Å². The molecule has 0 unspecified atom stereocenters. The summed E-state index contributed by atoms with van der Waals surface area (Å²) in [5.41, 5.74) is 4.98. The lowest BCUT2D eigenvalue weighted by Crippen LogP contribution is -2.36. The number of hydrogen-bond donors (Lipinski definition) is 1. The first-order chi connectivity index (χ1) is 15.6. The van der Waals surface area contributed by atoms with Crippen molar-refractivity contribution in [3.05, 3.63) is 82.7 Å². The number of hydrogen-bond acceptors (Lipinski definition) is 4. The summed E-state index contributed by atoms with van der Waals surface area (Å²) in [6.45, 7) is 7.61. The third-order valence-corrected chi connectivity index (χ3v) is 5.95. The largest absolute Gasteiger partial charge is 0.378 e. The van der Waals surface area contributed by atoms with Crippen molar-refractivity contribution in [2.24, 2.45) is 0 Å². The normalized spacial score (nSPS) is 13.9. The van der Waals surface area contributed by atoms with Gasteiger partial charge in [0.2, 0.25) is 0 Å². The lowest BCUT2D eigenvalue weighted by atomic mass is 10.1. The number of pyridine rings is 1. The van der Waals surface area contributed by atoms with Crippen molar-refractivity contribution >= 4 is 11.6 Å². The fourth-order valence-electron chi connectivity index (χ4n) is 4.36. The van der Waals surface area contributed by atoms with Gasteiger partial charge in [0.1, 0.15) is 11.5 Å². The highest BCUT2D eigenvalue weighted by Crippen LogP contribution is 2.32. The number of aromatic nitrogens is 2. The Hall–Kier alpha value is -3.19. The van der Waals surface area contributed by atoms with Crippen molar-refractivity contribution < 1.29 is 13.9 Å². The molecule has 4 rings (SSSR count). The molecule has 0 spiro atoms. The Morgan fingerprint density at radius 1 is 1.12 bits per heavy atom. The van der Waals surface area contributed by atoms with Gasteiger partial charge in [0.05, 0.1) is 25.4 Å². The van der Waals surface area contributed by atoms with Crippen molar-refractivity contribution in [3.63, 3.8) is 0 Å². The minimum absolute atomic E-state index is 0.155. The van der Waals surface area contributed by atoms with Crippen LogP contribution < -0.4 is 10.2 Å². The van der Waals surface area contributed by atoms with E-state index in [0.29, 0.717) is 44.0 Å². The van der Waals surface area contributed by atoms with Gasteiger partial charge in [-0.2, -0.15) is 0 Å². The van der Waals surface area contributed by atoms with Crippen LogP contribution in [0.1, 0.15) is 33.0 Å². The number of carbonyl (C=O) groups is 1. The van der Waals surface area contributed by atoms with Gasteiger partial charge in [-0.15, -0.1) is 0 Å². The molecule has 168 valence electrons. The van der Waals surface area contributed by atoms with E-state index in [9.17, 15) is 9.18 Å². The Labute approximate surface area is 188 Å². The smallest absolute Gasteiger partial charge is 0.268 e. The van der Waals surface area contributed by atoms with Gasteiger partial charge < -0.3 is 19.5 Å². The molecule has 1 aromatic carbocycles. The Morgan fingerprint density at radius 3 is 2.59 bits per heavy atom. The summed E-state index contributed by atoms with van der Waals surface area (Å²) in [5.74, 6) is -0.426. The van der Waals surface area contributed by atoms with Gasteiger partial charge in [0.15, 0.2) is 0 Å². The monoisotopic (exact) mass is 436 g/mol. The predicted octanol–water partition coefficient (Wildman–Crippen LogP) is 3.50. The fraction of sp³-hybridized carbons (Fsp3) is 0.360. The van der Waals surface area contributed by atoms with Crippen LogP contribution in [0.5, 0.6) is 0 Å². The molecule has 0 bridgehead atoms. The van der Waals surface area contributed by atoms with E-state index in [4.69, 9.17) is 4.74 Å². The lowest BCUT2D eigenvalue weighted by Gasteiger charge is -2.29. The first-order valence-corrected chi connectivity index (χ1v) is 11.0. The second kappa shape index (κ2) is 9.96. The minimum Gasteiger partial charge on any atom is -0.378 e. The van der Waals surface area contributed by atoms with E-state index < -0.39 is 0 Å². The molecule has 7 heteroatoms. The van der Waals surface area contributed by atoms with E-state index >= 15 is 0 Å². The molecule has 2 aromatic heterocycles. The molecule has 1 N–H and O–H groups in total. The molecule has 0 saturated carbocycles. The molecule has 1 saturated heterocycles. The number of ether oxygens (including phenoxy) is 1. The van der Waals surface area contributed by atoms with E-state index in [1.54, 1.807) is 18.3 Å². The third-order valence-electron chi connectivity index (χ3n) is 5.95. The standard InChI is InChI=1S/C25H29FN4O2/c1-18-23(29-13-15-32-16-14-29)19(2)30(17-20-7-3-4-9-22(20)26)24(18)25(31)28-12-10-21-8-5-6-11-27-21/h3-9,11H,10,12-17H2,1-2H3,(H,28,31). The van der Waals surface area contributed by atoms with Crippen molar-refractivity contribution in [1.29, 1.82) is 0 Å². The molecule has 1 aliphatic rings. The maximum absolute atomic E-state index is 14.4. The molecule has 1 fully saturated rings. The molecule has 6 nitrogen and oxygen atoms in total. The average Bonchev–Trinajstić information content (AvgIpc) is 3.06. The first kappa shape index (κ1) is 22.0. The average molecular weight is 437 g/mol. The number of carbonyl (C=O) groups excluding carboxylic acids is 1. The van der Waals surface area contributed by atoms with Gasteiger partial charge in [0.25, 0.3) is 5.91 Å². The summed E-state index contributed by atoms with van der Waals surface area (Å²) >= 11 is 0. The number of anilines is 1. The highest BCUT2D eigenvalue weighted by Gasteiger charge is 2.27. The Kier molecular flexibility index (Phi) is 6.85. The molecule has 3 heterocycles. The van der Waals surface area contributed by atoms with E-state index in [1.165, 1.54) is 6.07 Å². The maximum Gasteiger partial charge on any atom is 0.268 e. The number of amides is 1. The van der Waals surface area contributed by atoms with Crippen LogP contribution in [-0.4, -0.2) is 48.3 Å². The molecule has 1 amide bonds. The van der Waals surface area contributed by atoms with Crippen LogP contribution in [0.15, 0.2) is 48.7 Å². The van der Waals surface area contributed by atoms with Crippen LogP contribution >= 0.6 is 0 Å². The summed E-state index contributed by atoms with van der Waals surface area (Å²) in [6.07, 6.45) is 2.40. The lowest BCUT2D eigenvalue weighted by molar-refractivity contribution is 0.0944. The van der Waals surface area contributed by atoms with Crippen LogP contribution in [-0.2, 0) is 17.7 Å². The third kappa shape index (κ3) is 4.67. The number of nitrogens with one attached hydrogen (secondary N) is 1. The van der Waals surface area contributed by atoms with E-state index in [1.807, 2.05) is 42.7 Å². The van der Waals surface area contributed by atoms with E-state index in [0.717, 1.165) is 35.7 Å². The van der Waals surface area contributed by atoms with Crippen molar-refractivity contribution in [2.75, 3.05) is 37.7 Å². The highest BCUT2D eigenvalue weighted by molar-refractivity contribution is 5.96. The van der Waals surface area contributed by atoms with Crippen LogP contribution in [0.25, 0.3) is 0 Å². The van der Waals surface area contributed by atoms with Gasteiger partial charge in [-0.1, -0.05) is 24.3 Å². The van der Waals surface area contributed by atoms with Gasteiger partial charge in [-0.25, -0.2) is 4.39 Å². The zero-order valence-corrected chi connectivity index (χ0v) is 18.6. The summed E-state index contributed by atoms with van der Waals surface area (Å²) in [6, 6.07) is 12.5. The van der Waals surface area contributed by atoms with Crippen molar-refractivity contribution in [2.45, 2.75) is 26.8 Å². The second-order valence-electron chi connectivity index (χ2n) is 8.01. The molecular formula is C25H29FN4O2.